The predicted octanol–water partition coefficient (Wildman–Crippen LogP) is 2.11. The molecule has 152 valence electrons. The van der Waals surface area contributed by atoms with Gasteiger partial charge in [0.15, 0.2) is 0 Å². The molecule has 3 fully saturated rings. The smallest absolute Gasteiger partial charge is 0.321 e. The first-order chi connectivity index (χ1) is 13.6. The Morgan fingerprint density at radius 2 is 1.79 bits per heavy atom. The van der Waals surface area contributed by atoms with Gasteiger partial charge in [-0.2, -0.15) is 0 Å². The number of morpholine rings is 1. The van der Waals surface area contributed by atoms with Crippen molar-refractivity contribution >= 4 is 17.6 Å². The molecule has 3 heterocycles. The van der Waals surface area contributed by atoms with Crippen molar-refractivity contribution in [3.63, 3.8) is 0 Å². The molecule has 0 saturated carbocycles. The third-order valence-electron chi connectivity index (χ3n) is 6.31. The molecule has 7 nitrogen and oxygen atoms in total. The monoisotopic (exact) mass is 387 g/mol. The average Bonchev–Trinajstić information content (AvgIpc) is 3.07. The quantitative estimate of drug-likeness (QED) is 0.844. The minimum atomic E-state index is -0.183. The molecule has 0 aliphatic carbocycles. The lowest BCUT2D eigenvalue weighted by molar-refractivity contribution is -0.144. The SMILES string of the molecule is Cc1cccc(NC(=O)N2C[C@@H](C(=O)N3CCOCC3)C3(CCOCC3)C2)c1. The number of amides is 3. The van der Waals surface area contributed by atoms with E-state index in [2.05, 4.69) is 5.32 Å². The largest absolute Gasteiger partial charge is 0.381 e. The zero-order chi connectivity index (χ0) is 19.6. The molecule has 28 heavy (non-hydrogen) atoms. The fourth-order valence-corrected chi connectivity index (χ4v) is 4.68. The lowest BCUT2D eigenvalue weighted by atomic mass is 9.71. The van der Waals surface area contributed by atoms with E-state index in [9.17, 15) is 9.59 Å². The molecule has 0 aromatic heterocycles. The number of carbonyl (C=O) groups is 2. The highest BCUT2D eigenvalue weighted by molar-refractivity contribution is 5.91. The zero-order valence-corrected chi connectivity index (χ0v) is 16.5. The maximum Gasteiger partial charge on any atom is 0.321 e. The Morgan fingerprint density at radius 1 is 1.07 bits per heavy atom. The summed E-state index contributed by atoms with van der Waals surface area (Å²) < 4.78 is 11.0. The number of rotatable bonds is 2. The fourth-order valence-electron chi connectivity index (χ4n) is 4.68. The molecule has 4 rings (SSSR count). The third kappa shape index (κ3) is 3.86. The molecular weight excluding hydrogens is 358 g/mol. The number of benzene rings is 1. The van der Waals surface area contributed by atoms with E-state index in [1.54, 1.807) is 0 Å². The van der Waals surface area contributed by atoms with Crippen molar-refractivity contribution < 1.29 is 19.1 Å². The summed E-state index contributed by atoms with van der Waals surface area (Å²) in [5.74, 6) is -0.00573. The zero-order valence-electron chi connectivity index (χ0n) is 16.5. The van der Waals surface area contributed by atoms with Crippen molar-refractivity contribution in [1.29, 1.82) is 0 Å². The maximum absolute atomic E-state index is 13.3. The summed E-state index contributed by atoms with van der Waals surface area (Å²) in [4.78, 5) is 30.0. The number of aryl methyl sites for hydroxylation is 1. The lowest BCUT2D eigenvalue weighted by Gasteiger charge is -2.39. The normalized spacial score (nSPS) is 24.4. The van der Waals surface area contributed by atoms with Gasteiger partial charge in [-0.25, -0.2) is 4.79 Å². The number of likely N-dealkylation sites (tertiary alicyclic amines) is 1. The average molecular weight is 387 g/mol. The third-order valence-corrected chi connectivity index (χ3v) is 6.31. The number of hydrogen-bond acceptors (Lipinski definition) is 4. The van der Waals surface area contributed by atoms with Gasteiger partial charge in [0.05, 0.1) is 19.1 Å². The number of nitrogens with zero attached hydrogens (tertiary/aromatic N) is 2. The number of ether oxygens (including phenoxy) is 2. The number of nitrogens with one attached hydrogen (secondary N) is 1. The summed E-state index contributed by atoms with van der Waals surface area (Å²) in [5.41, 5.74) is 1.70. The number of hydrogen-bond donors (Lipinski definition) is 1. The van der Waals surface area contributed by atoms with Crippen LogP contribution in [0.2, 0.25) is 0 Å². The van der Waals surface area contributed by atoms with E-state index in [4.69, 9.17) is 9.47 Å². The molecule has 1 N–H and O–H groups in total. The molecule has 7 heteroatoms. The number of urea groups is 1. The van der Waals surface area contributed by atoms with Crippen molar-refractivity contribution in [3.8, 4) is 0 Å². The van der Waals surface area contributed by atoms with E-state index in [-0.39, 0.29) is 23.3 Å². The summed E-state index contributed by atoms with van der Waals surface area (Å²) in [7, 11) is 0. The summed E-state index contributed by atoms with van der Waals surface area (Å²) in [6.45, 7) is 6.83. The number of carbonyl (C=O) groups excluding carboxylic acids is 2. The van der Waals surface area contributed by atoms with Gasteiger partial charge in [0.2, 0.25) is 5.91 Å². The van der Waals surface area contributed by atoms with Crippen molar-refractivity contribution in [1.82, 2.24) is 9.80 Å². The van der Waals surface area contributed by atoms with Gasteiger partial charge in [-0.05, 0) is 37.5 Å². The van der Waals surface area contributed by atoms with Gasteiger partial charge in [-0.3, -0.25) is 4.79 Å². The van der Waals surface area contributed by atoms with Crippen LogP contribution in [0.4, 0.5) is 10.5 Å². The molecule has 3 amide bonds. The van der Waals surface area contributed by atoms with Gasteiger partial charge < -0.3 is 24.6 Å². The van der Waals surface area contributed by atoms with E-state index in [1.165, 1.54) is 0 Å². The standard InChI is InChI=1S/C21H29N3O4/c1-16-3-2-4-17(13-16)22-20(26)24-14-18(19(25)23-7-11-28-12-8-23)21(15-24)5-9-27-10-6-21/h2-4,13,18H,5-12,14-15H2,1H3,(H,22,26)/t18-/m0/s1. The molecule has 0 bridgehead atoms. The topological polar surface area (TPSA) is 71.1 Å². The first-order valence-electron chi connectivity index (χ1n) is 10.1. The molecule has 1 aromatic rings. The van der Waals surface area contributed by atoms with Gasteiger partial charge in [0, 0.05) is 50.5 Å². The Morgan fingerprint density at radius 3 is 2.50 bits per heavy atom. The summed E-state index contributed by atoms with van der Waals surface area (Å²) in [5, 5.41) is 3.00. The molecule has 1 spiro atoms. The summed E-state index contributed by atoms with van der Waals surface area (Å²) in [6.07, 6.45) is 1.64. The minimum absolute atomic E-state index is 0.131. The van der Waals surface area contributed by atoms with Gasteiger partial charge in [0.1, 0.15) is 0 Å². The molecule has 1 atom stereocenters. The van der Waals surface area contributed by atoms with Crippen LogP contribution in [0.1, 0.15) is 18.4 Å². The van der Waals surface area contributed by atoms with Gasteiger partial charge in [0.25, 0.3) is 0 Å². The lowest BCUT2D eigenvalue weighted by Crippen LogP contribution is -2.49. The molecule has 3 saturated heterocycles. The number of anilines is 1. The van der Waals surface area contributed by atoms with Crippen molar-refractivity contribution in [2.24, 2.45) is 11.3 Å². The Hall–Kier alpha value is -2.12. The first kappa shape index (κ1) is 19.2. The van der Waals surface area contributed by atoms with Crippen LogP contribution in [0.3, 0.4) is 0 Å². The molecular formula is C21H29N3O4. The molecule has 0 radical (unpaired) electrons. The Labute approximate surface area is 166 Å². The van der Waals surface area contributed by atoms with Gasteiger partial charge >= 0.3 is 6.03 Å². The second-order valence-corrected chi connectivity index (χ2v) is 8.15. The van der Waals surface area contributed by atoms with E-state index in [0.717, 1.165) is 24.1 Å². The van der Waals surface area contributed by atoms with Crippen LogP contribution in [-0.2, 0) is 14.3 Å². The van der Waals surface area contributed by atoms with Crippen LogP contribution in [0.25, 0.3) is 0 Å². The van der Waals surface area contributed by atoms with E-state index >= 15 is 0 Å². The van der Waals surface area contributed by atoms with Gasteiger partial charge in [-0.1, -0.05) is 12.1 Å². The van der Waals surface area contributed by atoms with E-state index in [0.29, 0.717) is 52.6 Å². The van der Waals surface area contributed by atoms with Gasteiger partial charge in [-0.15, -0.1) is 0 Å². The highest BCUT2D eigenvalue weighted by Crippen LogP contribution is 2.45. The van der Waals surface area contributed by atoms with Crippen LogP contribution in [0, 0.1) is 18.3 Å². The highest BCUT2D eigenvalue weighted by Gasteiger charge is 2.52. The molecule has 3 aliphatic rings. The molecule has 1 aromatic carbocycles. The van der Waals surface area contributed by atoms with Crippen LogP contribution >= 0.6 is 0 Å². The van der Waals surface area contributed by atoms with Crippen LogP contribution in [0.15, 0.2) is 24.3 Å². The second kappa shape index (κ2) is 8.09. The maximum atomic E-state index is 13.3. The minimum Gasteiger partial charge on any atom is -0.381 e. The molecule has 0 unspecified atom stereocenters. The van der Waals surface area contributed by atoms with Crippen LogP contribution < -0.4 is 5.32 Å². The Kier molecular flexibility index (Phi) is 5.55. The van der Waals surface area contributed by atoms with Crippen molar-refractivity contribution in [3.05, 3.63) is 29.8 Å². The first-order valence-corrected chi connectivity index (χ1v) is 10.1. The van der Waals surface area contributed by atoms with E-state index in [1.807, 2.05) is 41.0 Å². The summed E-state index contributed by atoms with van der Waals surface area (Å²) >= 11 is 0. The molecule has 3 aliphatic heterocycles. The highest BCUT2D eigenvalue weighted by atomic mass is 16.5. The fraction of sp³-hybridized carbons (Fsp3) is 0.619. The van der Waals surface area contributed by atoms with Crippen molar-refractivity contribution in [2.75, 3.05) is 57.9 Å². The predicted molar refractivity (Wildman–Crippen MR) is 105 cm³/mol. The Bertz CT molecular complexity index is 726. The van der Waals surface area contributed by atoms with E-state index < -0.39 is 0 Å². The van der Waals surface area contributed by atoms with Crippen LogP contribution in [0.5, 0.6) is 0 Å². The van der Waals surface area contributed by atoms with Crippen LogP contribution in [-0.4, -0.2) is 74.3 Å². The second-order valence-electron chi connectivity index (χ2n) is 8.15. The van der Waals surface area contributed by atoms with Crippen molar-refractivity contribution in [2.45, 2.75) is 19.8 Å². The summed E-state index contributed by atoms with van der Waals surface area (Å²) in [6, 6.07) is 7.64. The Balaban J connectivity index is 1.50.